The lowest BCUT2D eigenvalue weighted by molar-refractivity contribution is 0.423. The summed E-state index contributed by atoms with van der Waals surface area (Å²) < 4.78 is 0. The number of unbranched alkanes of at least 4 members (excludes halogenated alkanes) is 6. The van der Waals surface area contributed by atoms with Crippen LogP contribution in [0.2, 0.25) is 0 Å². The van der Waals surface area contributed by atoms with E-state index in [1.807, 2.05) is 0 Å². The second-order valence-corrected chi connectivity index (χ2v) is 6.04. The number of rotatable bonds is 13. The van der Waals surface area contributed by atoms with Crippen LogP contribution in [0.5, 0.6) is 0 Å². The van der Waals surface area contributed by atoms with Gasteiger partial charge in [-0.05, 0) is 18.3 Å². The predicted octanol–water partition coefficient (Wildman–Crippen LogP) is 6.79. The Labute approximate surface area is 117 Å². The SMILES string of the molecule is CCCCCCC(C)[CH]C(CC)CCCCCC. The van der Waals surface area contributed by atoms with E-state index in [0.29, 0.717) is 0 Å². The van der Waals surface area contributed by atoms with E-state index in [4.69, 9.17) is 0 Å². The van der Waals surface area contributed by atoms with Crippen LogP contribution in [0.25, 0.3) is 0 Å². The summed E-state index contributed by atoms with van der Waals surface area (Å²) in [5.74, 6) is 1.71. The van der Waals surface area contributed by atoms with Gasteiger partial charge in [-0.25, -0.2) is 0 Å². The van der Waals surface area contributed by atoms with Crippen molar-refractivity contribution in [3.05, 3.63) is 6.42 Å². The summed E-state index contributed by atoms with van der Waals surface area (Å²) in [4.78, 5) is 0. The highest BCUT2D eigenvalue weighted by molar-refractivity contribution is 4.80. The van der Waals surface area contributed by atoms with Gasteiger partial charge < -0.3 is 0 Å². The van der Waals surface area contributed by atoms with E-state index >= 15 is 0 Å². The molecule has 1 radical (unpaired) electrons. The van der Waals surface area contributed by atoms with Gasteiger partial charge in [0.05, 0.1) is 0 Å². The third kappa shape index (κ3) is 11.1. The molecule has 0 amide bonds. The number of hydrogen-bond donors (Lipinski definition) is 0. The molecule has 109 valence electrons. The molecule has 18 heavy (non-hydrogen) atoms. The Balaban J connectivity index is 3.55. The molecule has 0 saturated heterocycles. The molecule has 0 rings (SSSR count). The van der Waals surface area contributed by atoms with E-state index in [1.54, 1.807) is 0 Å². The topological polar surface area (TPSA) is 0 Å². The van der Waals surface area contributed by atoms with Crippen LogP contribution in [0, 0.1) is 18.3 Å². The maximum atomic E-state index is 2.65. The van der Waals surface area contributed by atoms with Crippen molar-refractivity contribution in [3.63, 3.8) is 0 Å². The van der Waals surface area contributed by atoms with Crippen molar-refractivity contribution in [2.45, 2.75) is 98.3 Å². The molecule has 0 aromatic heterocycles. The summed E-state index contributed by atoms with van der Waals surface area (Å²) >= 11 is 0. The van der Waals surface area contributed by atoms with Crippen molar-refractivity contribution in [1.82, 2.24) is 0 Å². The maximum absolute atomic E-state index is 2.65. The molecule has 0 aliphatic heterocycles. The Morgan fingerprint density at radius 1 is 0.722 bits per heavy atom. The lowest BCUT2D eigenvalue weighted by Crippen LogP contribution is -2.07. The van der Waals surface area contributed by atoms with Gasteiger partial charge in [-0.3, -0.25) is 0 Å². The van der Waals surface area contributed by atoms with Crippen LogP contribution in [0.1, 0.15) is 98.3 Å². The molecule has 0 aliphatic carbocycles. The van der Waals surface area contributed by atoms with E-state index < -0.39 is 0 Å². The van der Waals surface area contributed by atoms with E-state index in [2.05, 4.69) is 34.1 Å². The van der Waals surface area contributed by atoms with E-state index in [-0.39, 0.29) is 0 Å². The molecule has 0 aromatic carbocycles. The van der Waals surface area contributed by atoms with Gasteiger partial charge in [0.1, 0.15) is 0 Å². The third-order valence-electron chi connectivity index (χ3n) is 4.07. The molecule has 0 aliphatic rings. The van der Waals surface area contributed by atoms with E-state index in [9.17, 15) is 0 Å². The lowest BCUT2D eigenvalue weighted by atomic mass is 9.87. The van der Waals surface area contributed by atoms with Gasteiger partial charge in [-0.2, -0.15) is 0 Å². The maximum Gasteiger partial charge on any atom is -0.0327 e. The van der Waals surface area contributed by atoms with Gasteiger partial charge in [0.15, 0.2) is 0 Å². The standard InChI is InChI=1S/C18H37/c1-5-8-10-12-14-17(4)16-18(7-3)15-13-11-9-6-2/h16-18H,5-15H2,1-4H3. The zero-order valence-electron chi connectivity index (χ0n) is 13.5. The summed E-state index contributed by atoms with van der Waals surface area (Å²) in [7, 11) is 0. The van der Waals surface area contributed by atoms with Crippen LogP contribution in [0.3, 0.4) is 0 Å². The van der Waals surface area contributed by atoms with Gasteiger partial charge >= 0.3 is 0 Å². The molecule has 0 fully saturated rings. The fraction of sp³-hybridized carbons (Fsp3) is 0.944. The second kappa shape index (κ2) is 13.4. The third-order valence-corrected chi connectivity index (χ3v) is 4.07. The van der Waals surface area contributed by atoms with Gasteiger partial charge in [0.2, 0.25) is 0 Å². The van der Waals surface area contributed by atoms with E-state index in [1.165, 1.54) is 70.6 Å². The fourth-order valence-corrected chi connectivity index (χ4v) is 2.72. The molecule has 2 unspecified atom stereocenters. The summed E-state index contributed by atoms with van der Waals surface area (Å²) in [6, 6.07) is 0. The zero-order valence-corrected chi connectivity index (χ0v) is 13.5. The smallest absolute Gasteiger partial charge is 0.0327 e. The molecule has 0 heterocycles. The van der Waals surface area contributed by atoms with Crippen LogP contribution in [-0.2, 0) is 0 Å². The summed E-state index contributed by atoms with van der Waals surface area (Å²) in [5, 5.41) is 0. The fourth-order valence-electron chi connectivity index (χ4n) is 2.72. The Morgan fingerprint density at radius 3 is 1.78 bits per heavy atom. The molecular formula is C18H37. The molecular weight excluding hydrogens is 216 g/mol. The summed E-state index contributed by atoms with van der Waals surface area (Å²) in [5.41, 5.74) is 0. The Bertz CT molecular complexity index is 150. The summed E-state index contributed by atoms with van der Waals surface area (Å²) in [6.07, 6.45) is 18.1. The van der Waals surface area contributed by atoms with Crippen LogP contribution in [0.15, 0.2) is 0 Å². The molecule has 0 spiro atoms. The molecule has 0 aromatic rings. The highest BCUT2D eigenvalue weighted by Crippen LogP contribution is 2.24. The molecule has 0 saturated carbocycles. The van der Waals surface area contributed by atoms with Crippen molar-refractivity contribution in [1.29, 1.82) is 0 Å². The van der Waals surface area contributed by atoms with Crippen LogP contribution < -0.4 is 0 Å². The van der Waals surface area contributed by atoms with Crippen LogP contribution >= 0.6 is 0 Å². The normalized spacial score (nSPS) is 14.7. The van der Waals surface area contributed by atoms with Crippen LogP contribution in [-0.4, -0.2) is 0 Å². The van der Waals surface area contributed by atoms with Gasteiger partial charge in [0, 0.05) is 0 Å². The van der Waals surface area contributed by atoms with Crippen LogP contribution in [0.4, 0.5) is 0 Å². The van der Waals surface area contributed by atoms with Crippen molar-refractivity contribution >= 4 is 0 Å². The van der Waals surface area contributed by atoms with Crippen molar-refractivity contribution in [3.8, 4) is 0 Å². The molecule has 0 bridgehead atoms. The zero-order chi connectivity index (χ0) is 13.6. The highest BCUT2D eigenvalue weighted by Gasteiger charge is 2.11. The quantitative estimate of drug-likeness (QED) is 0.317. The largest absolute Gasteiger partial charge is 0.0654 e. The average Bonchev–Trinajstić information content (AvgIpc) is 2.38. The summed E-state index contributed by atoms with van der Waals surface area (Å²) in [6.45, 7) is 9.35. The first-order valence-corrected chi connectivity index (χ1v) is 8.59. The Kier molecular flexibility index (Phi) is 13.4. The number of hydrogen-bond acceptors (Lipinski definition) is 0. The van der Waals surface area contributed by atoms with Gasteiger partial charge in [-0.1, -0.05) is 98.3 Å². The second-order valence-electron chi connectivity index (χ2n) is 6.04. The van der Waals surface area contributed by atoms with Gasteiger partial charge in [-0.15, -0.1) is 0 Å². The first-order chi connectivity index (χ1) is 8.74. The molecule has 0 N–H and O–H groups in total. The minimum absolute atomic E-state index is 0.831. The minimum atomic E-state index is 0.831. The average molecular weight is 253 g/mol. The van der Waals surface area contributed by atoms with Gasteiger partial charge in [0.25, 0.3) is 0 Å². The monoisotopic (exact) mass is 253 g/mol. The Morgan fingerprint density at radius 2 is 1.28 bits per heavy atom. The van der Waals surface area contributed by atoms with Crippen molar-refractivity contribution < 1.29 is 0 Å². The molecule has 0 heteroatoms. The molecule has 0 nitrogen and oxygen atoms in total. The minimum Gasteiger partial charge on any atom is -0.0654 e. The van der Waals surface area contributed by atoms with Crippen molar-refractivity contribution in [2.24, 2.45) is 11.8 Å². The Hall–Kier alpha value is 0. The highest BCUT2D eigenvalue weighted by atomic mass is 14.2. The molecule has 2 atom stereocenters. The van der Waals surface area contributed by atoms with E-state index in [0.717, 1.165) is 11.8 Å². The first-order valence-electron chi connectivity index (χ1n) is 8.59. The first kappa shape index (κ1) is 18.0. The lowest BCUT2D eigenvalue weighted by Gasteiger charge is -2.19. The van der Waals surface area contributed by atoms with Crippen molar-refractivity contribution in [2.75, 3.05) is 0 Å². The predicted molar refractivity (Wildman–Crippen MR) is 84.8 cm³/mol.